The fourth-order valence-electron chi connectivity index (χ4n) is 10.7. The lowest BCUT2D eigenvalue weighted by Crippen LogP contribution is -2.30. The highest BCUT2D eigenvalue weighted by atomic mass is 32.1. The van der Waals surface area contributed by atoms with E-state index in [2.05, 4.69) is 252 Å². The number of rotatable bonds is 4. The maximum atomic E-state index is 6.00. The first-order valence-corrected chi connectivity index (χ1v) is 42.1. The molecule has 8 nitrogen and oxygen atoms in total. The fourth-order valence-corrected chi connectivity index (χ4v) is 11.9. The number of aryl methyl sites for hydroxylation is 9. The van der Waals surface area contributed by atoms with Crippen LogP contribution in [0.2, 0.25) is 0 Å². The van der Waals surface area contributed by atoms with E-state index in [0.29, 0.717) is 0 Å². The smallest absolute Gasteiger partial charge is 0.231 e. The summed E-state index contributed by atoms with van der Waals surface area (Å²) < 4.78 is 19.6. The van der Waals surface area contributed by atoms with Gasteiger partial charge in [0.2, 0.25) is 22.8 Å². The Bertz CT molecular complexity index is 4330. The lowest BCUT2D eigenvalue weighted by molar-refractivity contribution is -0.660. The Morgan fingerprint density at radius 1 is 0.296 bits per heavy atom. The van der Waals surface area contributed by atoms with Crippen LogP contribution in [0.15, 0.2) is 224 Å². The van der Waals surface area contributed by atoms with E-state index in [4.69, 9.17) is 4.42 Å². The molecule has 0 aliphatic heterocycles. The van der Waals surface area contributed by atoms with Crippen LogP contribution in [0, 0.1) is 27.7 Å². The van der Waals surface area contributed by atoms with Crippen LogP contribution in [0.5, 0.6) is 0 Å². The van der Waals surface area contributed by atoms with Crippen molar-refractivity contribution in [1.82, 2.24) is 14.5 Å². The van der Waals surface area contributed by atoms with Crippen molar-refractivity contribution in [3.63, 3.8) is 0 Å². The molecule has 14 aromatic rings. The Hall–Kier alpha value is -9.18. The number of hydrogen-bond acceptors (Lipinski definition) is 4. The molecule has 0 N–H and O–H groups in total. The van der Waals surface area contributed by atoms with Gasteiger partial charge in [-0.3, -0.25) is 0 Å². The molecule has 14 rings (SSSR count). The van der Waals surface area contributed by atoms with Crippen LogP contribution >= 0.6 is 11.3 Å². The standard InChI is InChI=1S/C20H19N2.C19H16NO.C19H16NS.C11H12N3.15C2H6/c1-14-12-17-15-8-4-5-10-19(15)22(3)20(17)13-16(14)18-9-6-7-11-21(18)2;2*1-13-11-16-14-7-3-4-9-18(14)21-19(16)12-15(13)17-8-5-6-10-20(17)2;1-9-7-12-8-13-11(9)10-5-3-4-6-14(10)2;15*1-2/h4-13H,1-3H3;2*3-12H,1-2H3;3-8H,1-2H3;15*1-2H3/q4*+1;;;;;;;;;;;;;;;. The van der Waals surface area contributed by atoms with Gasteiger partial charge in [-0.1, -0.05) is 262 Å². The number of furan rings is 1. The van der Waals surface area contributed by atoms with Gasteiger partial charge in [-0.15, -0.1) is 11.3 Å². The third-order valence-corrected chi connectivity index (χ3v) is 16.0. The molecule has 0 unspecified atom stereocenters. The van der Waals surface area contributed by atoms with Gasteiger partial charge in [0.05, 0.1) is 16.7 Å². The fraction of sp³-hybridized carbons (Fsp3) is 0.394. The van der Waals surface area contributed by atoms with E-state index < -0.39 is 0 Å². The average molecular weight is 1490 g/mol. The molecule has 6 aromatic carbocycles. The molecule has 8 heterocycles. The molecule has 0 atom stereocenters. The topological polar surface area (TPSA) is 59.4 Å². The Balaban J connectivity index is -0.000000393. The molecule has 0 fully saturated rings. The molecule has 0 aliphatic rings. The van der Waals surface area contributed by atoms with Crippen molar-refractivity contribution in [2.75, 3.05) is 0 Å². The summed E-state index contributed by atoms with van der Waals surface area (Å²) in [6, 6.07) is 64.1. The van der Waals surface area contributed by atoms with Gasteiger partial charge in [-0.05, 0) is 129 Å². The van der Waals surface area contributed by atoms with Gasteiger partial charge < -0.3 is 8.98 Å². The number of hydrogen-bond donors (Lipinski definition) is 0. The second-order valence-corrected chi connectivity index (χ2v) is 21.2. The molecule has 108 heavy (non-hydrogen) atoms. The molecule has 9 heteroatoms. The molecule has 0 spiro atoms. The minimum absolute atomic E-state index is 0.945. The number of aromatic nitrogens is 7. The molecule has 0 amide bonds. The minimum atomic E-state index is 0.945. The van der Waals surface area contributed by atoms with E-state index in [0.717, 1.165) is 28.1 Å². The van der Waals surface area contributed by atoms with E-state index in [-0.39, 0.29) is 0 Å². The summed E-state index contributed by atoms with van der Waals surface area (Å²) in [5.74, 6) is 0. The quantitative estimate of drug-likeness (QED) is 0.165. The highest BCUT2D eigenvalue weighted by Gasteiger charge is 2.19. The summed E-state index contributed by atoms with van der Waals surface area (Å²) in [6.07, 6.45) is 11.7. The molecule has 0 saturated carbocycles. The van der Waals surface area contributed by atoms with Crippen LogP contribution in [0.25, 0.3) is 109 Å². The number of nitrogens with zero attached hydrogens (tertiary/aromatic N) is 7. The van der Waals surface area contributed by atoms with Crippen molar-refractivity contribution in [3.8, 4) is 45.2 Å². The van der Waals surface area contributed by atoms with E-state index in [1.807, 2.05) is 276 Å². The second-order valence-electron chi connectivity index (χ2n) is 20.1. The summed E-state index contributed by atoms with van der Waals surface area (Å²) in [4.78, 5) is 8.26. The molecule has 8 aromatic heterocycles. The van der Waals surface area contributed by atoms with E-state index >= 15 is 0 Å². The highest BCUT2D eigenvalue weighted by Crippen LogP contribution is 2.38. The Labute approximate surface area is 665 Å². The average Bonchev–Trinajstić information content (AvgIpc) is 1.60. The predicted octanol–water partition coefficient (Wildman–Crippen LogP) is 30.0. The zero-order valence-electron chi connectivity index (χ0n) is 75.7. The minimum Gasteiger partial charge on any atom is -0.456 e. The van der Waals surface area contributed by atoms with Crippen molar-refractivity contribution in [3.05, 3.63) is 242 Å². The second kappa shape index (κ2) is 66.1. The summed E-state index contributed by atoms with van der Waals surface area (Å²) in [5, 5.41) is 7.76. The van der Waals surface area contributed by atoms with Gasteiger partial charge in [0.15, 0.2) is 24.8 Å². The van der Waals surface area contributed by atoms with Crippen molar-refractivity contribution in [2.24, 2.45) is 35.2 Å². The van der Waals surface area contributed by atoms with E-state index in [1.165, 1.54) is 103 Å². The van der Waals surface area contributed by atoms with Crippen molar-refractivity contribution in [1.29, 1.82) is 0 Å². The van der Waals surface area contributed by atoms with Crippen LogP contribution in [0.4, 0.5) is 0 Å². The van der Waals surface area contributed by atoms with Crippen LogP contribution in [-0.2, 0) is 35.2 Å². The maximum Gasteiger partial charge on any atom is 0.231 e. The maximum absolute atomic E-state index is 6.00. The molecule has 0 aliphatic carbocycles. The SMILES string of the molecule is CC.CC.CC.CC.CC.CC.CC.CC.CC.CC.CC.CC.CC.CC.CC.Cc1cc2c(cc1-c1cccc[n+]1C)oc1ccccc12.Cc1cc2c(cc1-c1cccc[n+]1C)sc1ccccc12.Cc1cc2c3ccccc3n(C)c2cc1-c1cccc[n+]1C.Cc1cncnc1-c1cccc[n+]1C. The van der Waals surface area contributed by atoms with Crippen LogP contribution in [0.3, 0.4) is 0 Å². The molecule has 0 radical (unpaired) electrons. The third kappa shape index (κ3) is 30.5. The monoisotopic (exact) mass is 1490 g/mol. The largest absolute Gasteiger partial charge is 0.456 e. The normalized spacial score (nSPS) is 8.88. The van der Waals surface area contributed by atoms with Crippen molar-refractivity contribution >= 4 is 75.3 Å². The van der Waals surface area contributed by atoms with Gasteiger partial charge in [0.1, 0.15) is 51.4 Å². The predicted molar refractivity (Wildman–Crippen MR) is 491 cm³/mol. The number of pyridine rings is 4. The number of para-hydroxylation sites is 2. The van der Waals surface area contributed by atoms with Crippen molar-refractivity contribution in [2.45, 2.75) is 235 Å². The van der Waals surface area contributed by atoms with E-state index in [1.54, 1.807) is 6.33 Å². The first-order chi connectivity index (χ1) is 52.9. The van der Waals surface area contributed by atoms with Crippen molar-refractivity contribution < 1.29 is 22.7 Å². The molecule has 0 saturated heterocycles. The summed E-state index contributed by atoms with van der Waals surface area (Å²) in [5.41, 5.74) is 19.1. The summed E-state index contributed by atoms with van der Waals surface area (Å²) >= 11 is 1.88. The van der Waals surface area contributed by atoms with E-state index in [9.17, 15) is 0 Å². The lowest BCUT2D eigenvalue weighted by Gasteiger charge is -2.06. The highest BCUT2D eigenvalue weighted by molar-refractivity contribution is 7.25. The summed E-state index contributed by atoms with van der Waals surface area (Å²) in [7, 11) is 10.4. The van der Waals surface area contributed by atoms with Gasteiger partial charge in [-0.2, -0.15) is 4.57 Å². The van der Waals surface area contributed by atoms with Gasteiger partial charge in [-0.25, -0.2) is 23.7 Å². The number of thiophene rings is 1. The molecule has 0 bridgehead atoms. The molecular weight excluding hydrogens is 1340 g/mol. The number of benzene rings is 6. The summed E-state index contributed by atoms with van der Waals surface area (Å²) in [6.45, 7) is 68.6. The third-order valence-electron chi connectivity index (χ3n) is 14.9. The Morgan fingerprint density at radius 2 is 0.648 bits per heavy atom. The Kier molecular flexibility index (Phi) is 65.7. The van der Waals surface area contributed by atoms with Gasteiger partial charge in [0.25, 0.3) is 0 Å². The Morgan fingerprint density at radius 3 is 1.08 bits per heavy atom. The van der Waals surface area contributed by atoms with Gasteiger partial charge >= 0.3 is 0 Å². The van der Waals surface area contributed by atoms with Crippen LogP contribution in [0.1, 0.15) is 230 Å². The molecule has 592 valence electrons. The molecular formula is C99H153N7OS+4. The van der Waals surface area contributed by atoms with Crippen LogP contribution in [-0.4, -0.2) is 14.5 Å². The zero-order valence-corrected chi connectivity index (χ0v) is 76.5. The number of fused-ring (bicyclic) bond motifs is 9. The zero-order chi connectivity index (χ0) is 84.0. The first-order valence-electron chi connectivity index (χ1n) is 41.3. The van der Waals surface area contributed by atoms with Crippen LogP contribution < -0.4 is 18.3 Å². The first kappa shape index (κ1) is 107. The van der Waals surface area contributed by atoms with Gasteiger partial charge in [0, 0.05) is 115 Å². The lowest BCUT2D eigenvalue weighted by atomic mass is 10.0.